The summed E-state index contributed by atoms with van der Waals surface area (Å²) in [5.74, 6) is 11.4. The summed E-state index contributed by atoms with van der Waals surface area (Å²) >= 11 is 0. The van der Waals surface area contributed by atoms with E-state index >= 15 is 0 Å². The van der Waals surface area contributed by atoms with Crippen molar-refractivity contribution < 1.29 is 28.5 Å². The summed E-state index contributed by atoms with van der Waals surface area (Å²) in [5.41, 5.74) is 4.85. The minimum atomic E-state index is -0.387. The largest absolute Gasteiger partial charge is 0.497 e. The third kappa shape index (κ3) is 6.34. The van der Waals surface area contributed by atoms with E-state index < -0.39 is 0 Å². The number of benzene rings is 2. The normalized spacial score (nSPS) is 9.36. The molecule has 2 amide bonds. The van der Waals surface area contributed by atoms with Gasteiger partial charge in [-0.25, -0.2) is 11.7 Å². The van der Waals surface area contributed by atoms with E-state index in [0.717, 1.165) is 0 Å². The van der Waals surface area contributed by atoms with Crippen molar-refractivity contribution in [1.29, 1.82) is 0 Å². The lowest BCUT2D eigenvalue weighted by Gasteiger charge is -2.06. The zero-order valence-corrected chi connectivity index (χ0v) is 16.1. The van der Waals surface area contributed by atoms with Gasteiger partial charge in [-0.1, -0.05) is 0 Å². The number of nitrogens with two attached hydrogens (primary N) is 2. The van der Waals surface area contributed by atoms with Crippen LogP contribution in [0.4, 0.5) is 0 Å². The Bertz CT molecular complexity index is 701. The quantitative estimate of drug-likeness (QED) is 0.318. The molecule has 0 saturated carbocycles. The lowest BCUT2D eigenvalue weighted by molar-refractivity contribution is 0.0945. The second-order valence-corrected chi connectivity index (χ2v) is 5.15. The molecular weight excluding hydrogens is 368 g/mol. The van der Waals surface area contributed by atoms with Gasteiger partial charge in [0, 0.05) is 23.3 Å². The molecule has 6 N–H and O–H groups in total. The van der Waals surface area contributed by atoms with Crippen molar-refractivity contribution in [3.63, 3.8) is 0 Å². The molecule has 0 fully saturated rings. The van der Waals surface area contributed by atoms with Crippen LogP contribution in [-0.2, 0) is 0 Å². The number of hydrogen-bond acceptors (Lipinski definition) is 8. The van der Waals surface area contributed by atoms with Crippen LogP contribution in [0.15, 0.2) is 36.4 Å². The van der Waals surface area contributed by atoms with Gasteiger partial charge in [-0.3, -0.25) is 20.4 Å². The molecule has 10 nitrogen and oxygen atoms in total. The van der Waals surface area contributed by atoms with E-state index in [2.05, 4.69) is 0 Å². The fourth-order valence-electron chi connectivity index (χ4n) is 2.04. The molecule has 0 saturated heterocycles. The van der Waals surface area contributed by atoms with Crippen LogP contribution in [0.2, 0.25) is 0 Å². The standard InChI is InChI=1S/2C9H12N2O3/c2*1-13-7-3-6(9(12)11-10)4-8(5-7)14-2/h2*3-5H,10H2,1-2H3,(H,11,12). The summed E-state index contributed by atoms with van der Waals surface area (Å²) in [6.07, 6.45) is 0. The lowest BCUT2D eigenvalue weighted by atomic mass is 10.2. The number of carbonyl (C=O) groups excluding carboxylic acids is 2. The Morgan fingerprint density at radius 1 is 0.607 bits per heavy atom. The Balaban J connectivity index is 0.000000280. The third-order valence-corrected chi connectivity index (χ3v) is 3.49. The molecule has 28 heavy (non-hydrogen) atoms. The molecule has 0 bridgehead atoms. The predicted octanol–water partition coefficient (Wildman–Crippen LogP) is 0.615. The molecule has 0 aliphatic heterocycles. The van der Waals surface area contributed by atoms with Crippen molar-refractivity contribution in [2.45, 2.75) is 0 Å². The van der Waals surface area contributed by atoms with Gasteiger partial charge >= 0.3 is 0 Å². The molecule has 0 aliphatic rings. The van der Waals surface area contributed by atoms with Crippen LogP contribution in [-0.4, -0.2) is 40.3 Å². The van der Waals surface area contributed by atoms with E-state index in [1.54, 1.807) is 36.4 Å². The number of hydrazine groups is 2. The SMILES string of the molecule is COc1cc(OC)cc(C(=O)NN)c1.COc1cc(OC)cc(C(=O)NN)c1. The molecule has 0 radical (unpaired) electrons. The fourth-order valence-corrected chi connectivity index (χ4v) is 2.04. The third-order valence-electron chi connectivity index (χ3n) is 3.49. The first-order valence-electron chi connectivity index (χ1n) is 7.90. The first-order chi connectivity index (χ1) is 13.4. The van der Waals surface area contributed by atoms with Crippen LogP contribution in [0.25, 0.3) is 0 Å². The van der Waals surface area contributed by atoms with Crippen LogP contribution < -0.4 is 41.5 Å². The van der Waals surface area contributed by atoms with E-state index in [4.69, 9.17) is 30.6 Å². The van der Waals surface area contributed by atoms with Gasteiger partial charge < -0.3 is 18.9 Å². The summed E-state index contributed by atoms with van der Waals surface area (Å²) in [7, 11) is 6.05. The second kappa shape index (κ2) is 11.3. The Morgan fingerprint density at radius 2 is 0.857 bits per heavy atom. The van der Waals surface area contributed by atoms with Gasteiger partial charge in [-0.15, -0.1) is 0 Å². The highest BCUT2D eigenvalue weighted by molar-refractivity contribution is 5.95. The molecule has 2 aromatic carbocycles. The maximum atomic E-state index is 11.2. The van der Waals surface area contributed by atoms with Crippen molar-refractivity contribution in [1.82, 2.24) is 10.9 Å². The van der Waals surface area contributed by atoms with Crippen LogP contribution >= 0.6 is 0 Å². The average Bonchev–Trinajstić information content (AvgIpc) is 2.77. The fraction of sp³-hybridized carbons (Fsp3) is 0.222. The maximum Gasteiger partial charge on any atom is 0.265 e. The molecule has 2 aromatic rings. The highest BCUT2D eigenvalue weighted by Crippen LogP contribution is 2.23. The molecule has 0 unspecified atom stereocenters. The maximum absolute atomic E-state index is 11.2. The summed E-state index contributed by atoms with van der Waals surface area (Å²) < 4.78 is 20.0. The van der Waals surface area contributed by atoms with Crippen molar-refractivity contribution in [3.8, 4) is 23.0 Å². The van der Waals surface area contributed by atoms with Crippen LogP contribution in [0.1, 0.15) is 20.7 Å². The number of nitrogens with one attached hydrogen (secondary N) is 2. The van der Waals surface area contributed by atoms with Gasteiger partial charge in [-0.2, -0.15) is 0 Å². The van der Waals surface area contributed by atoms with Crippen molar-refractivity contribution >= 4 is 11.8 Å². The highest BCUT2D eigenvalue weighted by atomic mass is 16.5. The van der Waals surface area contributed by atoms with Gasteiger partial charge in [0.05, 0.1) is 28.4 Å². The minimum absolute atomic E-state index is 0.387. The Hall–Kier alpha value is -3.50. The van der Waals surface area contributed by atoms with E-state index in [0.29, 0.717) is 34.1 Å². The Morgan fingerprint density at radius 3 is 1.04 bits per heavy atom. The highest BCUT2D eigenvalue weighted by Gasteiger charge is 2.08. The summed E-state index contributed by atoms with van der Waals surface area (Å²) in [4.78, 5) is 22.4. The molecule has 0 aromatic heterocycles. The smallest absolute Gasteiger partial charge is 0.265 e. The van der Waals surface area contributed by atoms with Gasteiger partial charge in [0.25, 0.3) is 11.8 Å². The topological polar surface area (TPSA) is 147 Å². The molecule has 2 rings (SSSR count). The Kier molecular flexibility index (Phi) is 9.07. The second-order valence-electron chi connectivity index (χ2n) is 5.15. The number of rotatable bonds is 6. The van der Waals surface area contributed by atoms with E-state index in [1.165, 1.54) is 28.4 Å². The van der Waals surface area contributed by atoms with Crippen LogP contribution in [0.3, 0.4) is 0 Å². The van der Waals surface area contributed by atoms with Crippen molar-refractivity contribution in [2.24, 2.45) is 11.7 Å². The summed E-state index contributed by atoms with van der Waals surface area (Å²) in [6, 6.07) is 9.64. The van der Waals surface area contributed by atoms with Crippen LogP contribution in [0, 0.1) is 0 Å². The molecular formula is C18H24N4O6. The number of amides is 2. The van der Waals surface area contributed by atoms with E-state index in [-0.39, 0.29) is 11.8 Å². The van der Waals surface area contributed by atoms with Gasteiger partial charge in [0.1, 0.15) is 23.0 Å². The first-order valence-corrected chi connectivity index (χ1v) is 7.90. The zero-order valence-electron chi connectivity index (χ0n) is 16.1. The van der Waals surface area contributed by atoms with Crippen molar-refractivity contribution in [2.75, 3.05) is 28.4 Å². The average molecular weight is 392 g/mol. The Labute approximate surface area is 162 Å². The number of nitrogen functional groups attached to an aromatic ring is 2. The molecule has 10 heteroatoms. The predicted molar refractivity (Wildman–Crippen MR) is 102 cm³/mol. The first kappa shape index (κ1) is 22.5. The molecule has 0 heterocycles. The molecule has 0 aliphatic carbocycles. The monoisotopic (exact) mass is 392 g/mol. The number of methoxy groups -OCH3 is 4. The minimum Gasteiger partial charge on any atom is -0.497 e. The van der Waals surface area contributed by atoms with Crippen molar-refractivity contribution in [3.05, 3.63) is 47.5 Å². The van der Waals surface area contributed by atoms with Crippen LogP contribution in [0.5, 0.6) is 23.0 Å². The molecule has 0 spiro atoms. The lowest BCUT2D eigenvalue weighted by Crippen LogP contribution is -2.29. The van der Waals surface area contributed by atoms with Gasteiger partial charge in [-0.05, 0) is 24.3 Å². The number of carbonyl (C=O) groups is 2. The molecule has 0 atom stereocenters. The zero-order chi connectivity index (χ0) is 21.1. The molecule has 152 valence electrons. The number of hydrogen-bond donors (Lipinski definition) is 4. The summed E-state index contributed by atoms with van der Waals surface area (Å²) in [6.45, 7) is 0. The van der Waals surface area contributed by atoms with E-state index in [1.807, 2.05) is 10.9 Å². The number of ether oxygens (including phenoxy) is 4. The van der Waals surface area contributed by atoms with Gasteiger partial charge in [0.2, 0.25) is 0 Å². The van der Waals surface area contributed by atoms with Gasteiger partial charge in [0.15, 0.2) is 0 Å². The van der Waals surface area contributed by atoms with E-state index in [9.17, 15) is 9.59 Å². The summed E-state index contributed by atoms with van der Waals surface area (Å²) in [5, 5.41) is 0.